The maximum absolute atomic E-state index is 13.6. The molecule has 0 saturated carbocycles. The van der Waals surface area contributed by atoms with Crippen molar-refractivity contribution >= 4 is 17.4 Å². The van der Waals surface area contributed by atoms with Crippen LogP contribution in [0.4, 0.5) is 4.39 Å². The zero-order valence-corrected chi connectivity index (χ0v) is 19.4. The molecular weight excluding hydrogens is 439 g/mol. The maximum Gasteiger partial charge on any atom is 0.295 e. The number of morpholine rings is 1. The number of halogens is 1. The van der Waals surface area contributed by atoms with Gasteiger partial charge in [0, 0.05) is 31.7 Å². The molecule has 1 unspecified atom stereocenters. The Bertz CT molecular complexity index is 1090. The summed E-state index contributed by atoms with van der Waals surface area (Å²) in [6.07, 6.45) is 0.659. The Kier molecular flexibility index (Phi) is 7.29. The normalized spacial score (nSPS) is 20.7. The van der Waals surface area contributed by atoms with Crippen LogP contribution >= 0.6 is 0 Å². The van der Waals surface area contributed by atoms with Crippen LogP contribution in [-0.4, -0.2) is 73.1 Å². The molecule has 4 rings (SSSR count). The molecule has 8 heteroatoms. The molecule has 0 radical (unpaired) electrons. The molecule has 2 heterocycles. The quantitative estimate of drug-likeness (QED) is 0.382. The number of methoxy groups -OCH3 is 1. The van der Waals surface area contributed by atoms with Gasteiger partial charge in [0.25, 0.3) is 11.7 Å². The number of carbonyl (C=O) groups is 2. The van der Waals surface area contributed by atoms with Crippen molar-refractivity contribution in [3.8, 4) is 5.75 Å². The standard InChI is InChI=1S/C26H29FN2O5/c1-17-16-19(6-9-21(17)33-2)24(30)22-23(18-4-7-20(27)8-5-18)29(26(32)25(22)31)11-3-10-28-12-14-34-15-13-28/h4-9,16,23,30H,3,10-15H2,1-2H3. The SMILES string of the molecule is COc1ccc(C(O)=C2C(=O)C(=O)N(CCCN3CCOCC3)C2c2ccc(F)cc2)cc1C. The Hall–Kier alpha value is -3.23. The minimum Gasteiger partial charge on any atom is -0.507 e. The zero-order chi connectivity index (χ0) is 24.2. The Morgan fingerprint density at radius 1 is 1.12 bits per heavy atom. The second kappa shape index (κ2) is 10.4. The monoisotopic (exact) mass is 468 g/mol. The van der Waals surface area contributed by atoms with E-state index in [9.17, 15) is 19.1 Å². The summed E-state index contributed by atoms with van der Waals surface area (Å²) < 4.78 is 24.3. The number of ketones is 1. The summed E-state index contributed by atoms with van der Waals surface area (Å²) in [4.78, 5) is 29.9. The number of aliphatic hydroxyl groups is 1. The van der Waals surface area contributed by atoms with Gasteiger partial charge in [0.05, 0.1) is 31.9 Å². The summed E-state index contributed by atoms with van der Waals surface area (Å²) in [7, 11) is 1.55. The molecular formula is C26H29FN2O5. The summed E-state index contributed by atoms with van der Waals surface area (Å²) in [5, 5.41) is 11.2. The number of ether oxygens (including phenoxy) is 2. The lowest BCUT2D eigenvalue weighted by atomic mass is 9.94. The number of Topliss-reactive ketones (excluding diaryl/α,β-unsaturated/α-hetero) is 1. The van der Waals surface area contributed by atoms with E-state index in [0.717, 1.165) is 25.2 Å². The van der Waals surface area contributed by atoms with Crippen LogP contribution in [0, 0.1) is 12.7 Å². The minimum absolute atomic E-state index is 0.00699. The predicted octanol–water partition coefficient (Wildman–Crippen LogP) is 3.29. The molecule has 2 aliphatic heterocycles. The van der Waals surface area contributed by atoms with Crippen molar-refractivity contribution in [2.45, 2.75) is 19.4 Å². The van der Waals surface area contributed by atoms with Crippen molar-refractivity contribution in [2.75, 3.05) is 46.5 Å². The molecule has 1 N–H and O–H groups in total. The molecule has 2 aliphatic rings. The largest absolute Gasteiger partial charge is 0.507 e. The van der Waals surface area contributed by atoms with Crippen LogP contribution in [0.3, 0.4) is 0 Å². The Morgan fingerprint density at radius 2 is 1.82 bits per heavy atom. The average Bonchev–Trinajstić information content (AvgIpc) is 3.09. The van der Waals surface area contributed by atoms with E-state index in [2.05, 4.69) is 4.90 Å². The lowest BCUT2D eigenvalue weighted by Gasteiger charge is -2.29. The van der Waals surface area contributed by atoms with Crippen molar-refractivity contribution in [3.63, 3.8) is 0 Å². The lowest BCUT2D eigenvalue weighted by molar-refractivity contribution is -0.140. The predicted molar refractivity (Wildman–Crippen MR) is 125 cm³/mol. The number of aryl methyl sites for hydroxylation is 1. The summed E-state index contributed by atoms with van der Waals surface area (Å²) in [6.45, 7) is 5.96. The molecule has 0 bridgehead atoms. The van der Waals surface area contributed by atoms with Crippen LogP contribution in [0.1, 0.15) is 29.2 Å². The summed E-state index contributed by atoms with van der Waals surface area (Å²) >= 11 is 0. The van der Waals surface area contributed by atoms with Gasteiger partial charge >= 0.3 is 0 Å². The van der Waals surface area contributed by atoms with Crippen LogP contribution < -0.4 is 4.74 Å². The molecule has 7 nitrogen and oxygen atoms in total. The van der Waals surface area contributed by atoms with Gasteiger partial charge in [-0.3, -0.25) is 14.5 Å². The van der Waals surface area contributed by atoms with E-state index >= 15 is 0 Å². The van der Waals surface area contributed by atoms with E-state index in [1.807, 2.05) is 6.92 Å². The van der Waals surface area contributed by atoms with Crippen LogP contribution in [0.25, 0.3) is 5.76 Å². The molecule has 1 amide bonds. The van der Waals surface area contributed by atoms with Crippen LogP contribution in [-0.2, 0) is 14.3 Å². The Balaban J connectivity index is 1.68. The van der Waals surface area contributed by atoms with E-state index in [-0.39, 0.29) is 11.3 Å². The van der Waals surface area contributed by atoms with Crippen LogP contribution in [0.15, 0.2) is 48.0 Å². The fourth-order valence-electron chi connectivity index (χ4n) is 4.57. The highest BCUT2D eigenvalue weighted by atomic mass is 19.1. The molecule has 0 aliphatic carbocycles. The number of nitrogens with zero attached hydrogens (tertiary/aromatic N) is 2. The van der Waals surface area contributed by atoms with Crippen molar-refractivity contribution in [2.24, 2.45) is 0 Å². The molecule has 2 saturated heterocycles. The molecule has 2 fully saturated rings. The number of carbonyl (C=O) groups excluding carboxylic acids is 2. The maximum atomic E-state index is 13.6. The van der Waals surface area contributed by atoms with Gasteiger partial charge in [-0.2, -0.15) is 0 Å². The van der Waals surface area contributed by atoms with Gasteiger partial charge in [-0.25, -0.2) is 4.39 Å². The van der Waals surface area contributed by atoms with Gasteiger partial charge in [0.1, 0.15) is 17.3 Å². The van der Waals surface area contributed by atoms with E-state index in [1.165, 1.54) is 17.0 Å². The molecule has 0 aromatic heterocycles. The topological polar surface area (TPSA) is 79.3 Å². The van der Waals surface area contributed by atoms with Gasteiger partial charge < -0.3 is 19.5 Å². The lowest BCUT2D eigenvalue weighted by Crippen LogP contribution is -2.38. The van der Waals surface area contributed by atoms with Crippen molar-refractivity contribution in [1.29, 1.82) is 0 Å². The first kappa shape index (κ1) is 23.9. The smallest absolute Gasteiger partial charge is 0.295 e. The number of amides is 1. The van der Waals surface area contributed by atoms with Crippen molar-refractivity contribution in [1.82, 2.24) is 9.80 Å². The third-order valence-electron chi connectivity index (χ3n) is 6.37. The minimum atomic E-state index is -0.798. The number of likely N-dealkylation sites (tertiary alicyclic amines) is 1. The van der Waals surface area contributed by atoms with Gasteiger partial charge in [0.15, 0.2) is 0 Å². The summed E-state index contributed by atoms with van der Waals surface area (Å²) in [5.41, 5.74) is 1.77. The third-order valence-corrected chi connectivity index (χ3v) is 6.37. The van der Waals surface area contributed by atoms with E-state index in [0.29, 0.717) is 43.1 Å². The van der Waals surface area contributed by atoms with Gasteiger partial charge in [-0.1, -0.05) is 12.1 Å². The molecule has 2 aromatic rings. The van der Waals surface area contributed by atoms with Gasteiger partial charge in [-0.15, -0.1) is 0 Å². The molecule has 0 spiro atoms. The van der Waals surface area contributed by atoms with E-state index in [1.54, 1.807) is 37.4 Å². The molecule has 1 atom stereocenters. The summed E-state index contributed by atoms with van der Waals surface area (Å²) in [5.74, 6) is -1.43. The van der Waals surface area contributed by atoms with Crippen molar-refractivity contribution < 1.29 is 28.6 Å². The number of hydrogen-bond donors (Lipinski definition) is 1. The average molecular weight is 469 g/mol. The first-order valence-corrected chi connectivity index (χ1v) is 11.4. The second-order valence-corrected chi connectivity index (χ2v) is 8.54. The number of aliphatic hydroxyl groups excluding tert-OH is 1. The zero-order valence-electron chi connectivity index (χ0n) is 19.4. The van der Waals surface area contributed by atoms with Gasteiger partial charge in [0.2, 0.25) is 0 Å². The molecule has 34 heavy (non-hydrogen) atoms. The van der Waals surface area contributed by atoms with Crippen molar-refractivity contribution in [3.05, 3.63) is 70.5 Å². The highest BCUT2D eigenvalue weighted by Crippen LogP contribution is 2.40. The van der Waals surface area contributed by atoms with Crippen LogP contribution in [0.2, 0.25) is 0 Å². The summed E-state index contributed by atoms with van der Waals surface area (Å²) in [6, 6.07) is 9.95. The number of benzene rings is 2. The fourth-order valence-corrected chi connectivity index (χ4v) is 4.57. The molecule has 2 aromatic carbocycles. The second-order valence-electron chi connectivity index (χ2n) is 8.54. The highest BCUT2D eigenvalue weighted by Gasteiger charge is 2.45. The van der Waals surface area contributed by atoms with E-state index < -0.39 is 23.5 Å². The van der Waals surface area contributed by atoms with Crippen LogP contribution in [0.5, 0.6) is 5.75 Å². The Morgan fingerprint density at radius 3 is 2.47 bits per heavy atom. The first-order chi connectivity index (χ1) is 16.4. The fraction of sp³-hybridized carbons (Fsp3) is 0.385. The van der Waals surface area contributed by atoms with E-state index in [4.69, 9.17) is 9.47 Å². The Labute approximate surface area is 198 Å². The third kappa shape index (κ3) is 4.83. The molecule has 180 valence electrons. The first-order valence-electron chi connectivity index (χ1n) is 11.4. The number of hydrogen-bond acceptors (Lipinski definition) is 6. The highest BCUT2D eigenvalue weighted by molar-refractivity contribution is 6.46. The number of rotatable bonds is 7. The van der Waals surface area contributed by atoms with Gasteiger partial charge in [-0.05, 0) is 54.8 Å².